The van der Waals surface area contributed by atoms with Gasteiger partial charge in [0.15, 0.2) is 5.72 Å². The smallest absolute Gasteiger partial charge is 0.375 e. The first-order valence-electron chi connectivity index (χ1n) is 9.85. The van der Waals surface area contributed by atoms with Gasteiger partial charge in [-0.1, -0.05) is 30.3 Å². The van der Waals surface area contributed by atoms with E-state index in [0.717, 1.165) is 12.1 Å². The van der Waals surface area contributed by atoms with Crippen LogP contribution in [0.1, 0.15) is 21.5 Å². The highest BCUT2D eigenvalue weighted by Gasteiger charge is 2.52. The van der Waals surface area contributed by atoms with Gasteiger partial charge in [0.1, 0.15) is 17.3 Å². The summed E-state index contributed by atoms with van der Waals surface area (Å²) in [5, 5.41) is 14.2. The Hall–Kier alpha value is -4.31. The lowest BCUT2D eigenvalue weighted by Gasteiger charge is -2.35. The summed E-state index contributed by atoms with van der Waals surface area (Å²) < 4.78 is 34.5. The maximum atomic E-state index is 14.8. The van der Waals surface area contributed by atoms with Crippen LogP contribution in [0.15, 0.2) is 60.7 Å². The number of aliphatic hydroxyl groups is 1. The maximum absolute atomic E-state index is 14.8. The van der Waals surface area contributed by atoms with Crippen molar-refractivity contribution in [2.45, 2.75) is 5.72 Å². The molecule has 3 aromatic carbocycles. The number of rotatable bonds is 3. The highest BCUT2D eigenvalue weighted by molar-refractivity contribution is 6.12. The van der Waals surface area contributed by atoms with Gasteiger partial charge in [-0.3, -0.25) is 9.69 Å². The number of carbonyl (C=O) groups excluding carboxylic acids is 2. The largest absolute Gasteiger partial charge is 0.414 e. The Labute approximate surface area is 185 Å². The molecule has 0 radical (unpaired) electrons. The van der Waals surface area contributed by atoms with Gasteiger partial charge in [-0.05, 0) is 30.3 Å². The SMILES string of the molecule is CNC(=O)Oc1nc2ccc(C3(O)c4ccccc4C(=O)N3c3c(F)cccc3F)cc2[nH]1. The highest BCUT2D eigenvalue weighted by Crippen LogP contribution is 2.46. The molecule has 0 bridgehead atoms. The molecule has 0 saturated carbocycles. The van der Waals surface area contributed by atoms with Crippen LogP contribution in [0.2, 0.25) is 0 Å². The minimum Gasteiger partial charge on any atom is -0.375 e. The fourth-order valence-corrected chi connectivity index (χ4v) is 4.00. The van der Waals surface area contributed by atoms with Gasteiger partial charge in [0, 0.05) is 23.7 Å². The second kappa shape index (κ2) is 7.38. The molecule has 1 aliphatic rings. The minimum absolute atomic E-state index is 0.0895. The van der Waals surface area contributed by atoms with E-state index in [1.165, 1.54) is 43.4 Å². The lowest BCUT2D eigenvalue weighted by atomic mass is 9.93. The van der Waals surface area contributed by atoms with Gasteiger partial charge in [-0.2, -0.15) is 4.98 Å². The summed E-state index contributed by atoms with van der Waals surface area (Å²) in [6, 6.07) is 13.8. The van der Waals surface area contributed by atoms with Crippen molar-refractivity contribution in [2.24, 2.45) is 0 Å². The Morgan fingerprint density at radius 2 is 1.85 bits per heavy atom. The molecule has 2 amide bonds. The summed E-state index contributed by atoms with van der Waals surface area (Å²) in [7, 11) is 1.39. The van der Waals surface area contributed by atoms with Crippen LogP contribution in [-0.4, -0.2) is 34.1 Å². The maximum Gasteiger partial charge on any atom is 0.414 e. The molecule has 0 fully saturated rings. The van der Waals surface area contributed by atoms with E-state index in [1.54, 1.807) is 12.1 Å². The zero-order valence-corrected chi connectivity index (χ0v) is 17.1. The monoisotopic (exact) mass is 450 g/mol. The molecule has 5 rings (SSSR count). The number of nitrogens with zero attached hydrogens (tertiary/aromatic N) is 2. The van der Waals surface area contributed by atoms with Gasteiger partial charge >= 0.3 is 12.1 Å². The summed E-state index contributed by atoms with van der Waals surface area (Å²) >= 11 is 0. The predicted molar refractivity (Wildman–Crippen MR) is 114 cm³/mol. The third-order valence-corrected chi connectivity index (χ3v) is 5.48. The van der Waals surface area contributed by atoms with Crippen molar-refractivity contribution < 1.29 is 28.2 Å². The molecule has 33 heavy (non-hydrogen) atoms. The number of para-hydroxylation sites is 1. The van der Waals surface area contributed by atoms with E-state index in [4.69, 9.17) is 4.74 Å². The van der Waals surface area contributed by atoms with Crippen molar-refractivity contribution in [3.8, 4) is 6.01 Å². The fourth-order valence-electron chi connectivity index (χ4n) is 4.00. The van der Waals surface area contributed by atoms with Gasteiger partial charge in [0.25, 0.3) is 5.91 Å². The quantitative estimate of drug-likeness (QED) is 0.443. The topological polar surface area (TPSA) is 108 Å². The summed E-state index contributed by atoms with van der Waals surface area (Å²) in [5.74, 6) is -2.76. The van der Waals surface area contributed by atoms with E-state index >= 15 is 0 Å². The lowest BCUT2D eigenvalue weighted by Crippen LogP contribution is -2.46. The first-order chi connectivity index (χ1) is 15.8. The molecule has 0 spiro atoms. The minimum atomic E-state index is -2.22. The average molecular weight is 450 g/mol. The lowest BCUT2D eigenvalue weighted by molar-refractivity contribution is 0.0693. The Balaban J connectivity index is 1.72. The van der Waals surface area contributed by atoms with Crippen LogP contribution >= 0.6 is 0 Å². The molecular formula is C23H16F2N4O4. The molecule has 3 N–H and O–H groups in total. The number of imidazole rings is 1. The molecule has 166 valence electrons. The molecule has 1 aliphatic heterocycles. The molecule has 1 atom stereocenters. The number of hydrogen-bond donors (Lipinski definition) is 3. The average Bonchev–Trinajstić information content (AvgIpc) is 3.31. The molecule has 1 unspecified atom stereocenters. The number of amides is 2. The Morgan fingerprint density at radius 1 is 1.12 bits per heavy atom. The molecule has 0 saturated heterocycles. The van der Waals surface area contributed by atoms with E-state index in [0.29, 0.717) is 15.9 Å². The molecule has 1 aromatic heterocycles. The van der Waals surface area contributed by atoms with Crippen molar-refractivity contribution in [3.05, 3.63) is 89.0 Å². The number of hydrogen-bond acceptors (Lipinski definition) is 5. The van der Waals surface area contributed by atoms with Crippen LogP contribution in [0.4, 0.5) is 19.3 Å². The molecule has 0 aliphatic carbocycles. The number of benzene rings is 3. The van der Waals surface area contributed by atoms with Crippen molar-refractivity contribution >= 4 is 28.7 Å². The van der Waals surface area contributed by atoms with Crippen LogP contribution in [0.25, 0.3) is 11.0 Å². The van der Waals surface area contributed by atoms with Crippen LogP contribution in [0, 0.1) is 11.6 Å². The second-order valence-corrected chi connectivity index (χ2v) is 7.34. The van der Waals surface area contributed by atoms with Gasteiger partial charge in [-0.15, -0.1) is 0 Å². The number of H-pyrrole nitrogens is 1. The van der Waals surface area contributed by atoms with Crippen LogP contribution < -0.4 is 15.0 Å². The van der Waals surface area contributed by atoms with Gasteiger partial charge in [0.05, 0.1) is 11.0 Å². The summed E-state index contributed by atoms with van der Waals surface area (Å²) in [6.07, 6.45) is -0.732. The normalized spacial score (nSPS) is 17.3. The molecule has 2 heterocycles. The number of carbonyl (C=O) groups is 2. The number of aromatic amines is 1. The Morgan fingerprint density at radius 3 is 2.58 bits per heavy atom. The fraction of sp³-hybridized carbons (Fsp3) is 0.0870. The molecule has 8 nitrogen and oxygen atoms in total. The van der Waals surface area contributed by atoms with Crippen molar-refractivity contribution in [2.75, 3.05) is 11.9 Å². The first kappa shape index (κ1) is 20.6. The van der Waals surface area contributed by atoms with Crippen molar-refractivity contribution in [3.63, 3.8) is 0 Å². The number of halogens is 2. The van der Waals surface area contributed by atoms with Crippen LogP contribution in [-0.2, 0) is 5.72 Å². The van der Waals surface area contributed by atoms with Gasteiger partial charge in [-0.25, -0.2) is 13.6 Å². The highest BCUT2D eigenvalue weighted by atomic mass is 19.1. The zero-order chi connectivity index (χ0) is 23.3. The Bertz CT molecular complexity index is 1420. The van der Waals surface area contributed by atoms with Crippen LogP contribution in [0.5, 0.6) is 6.01 Å². The number of anilines is 1. The van der Waals surface area contributed by atoms with Crippen molar-refractivity contribution in [1.29, 1.82) is 0 Å². The molecule has 4 aromatic rings. The number of fused-ring (bicyclic) bond motifs is 2. The van der Waals surface area contributed by atoms with Gasteiger partial charge in [0.2, 0.25) is 0 Å². The summed E-state index contributed by atoms with van der Waals surface area (Å²) in [4.78, 5) is 32.4. The summed E-state index contributed by atoms with van der Waals surface area (Å²) in [5.41, 5.74) is -1.71. The molecule has 10 heteroatoms. The predicted octanol–water partition coefficient (Wildman–Crippen LogP) is 3.41. The van der Waals surface area contributed by atoms with Crippen molar-refractivity contribution in [1.82, 2.24) is 15.3 Å². The number of nitrogens with one attached hydrogen (secondary N) is 2. The Kier molecular flexibility index (Phi) is 4.61. The molecular weight excluding hydrogens is 434 g/mol. The van der Waals surface area contributed by atoms with Crippen LogP contribution in [0.3, 0.4) is 0 Å². The third kappa shape index (κ3) is 3.03. The zero-order valence-electron chi connectivity index (χ0n) is 17.1. The van der Waals surface area contributed by atoms with E-state index < -0.39 is 35.0 Å². The van der Waals surface area contributed by atoms with E-state index in [-0.39, 0.29) is 22.7 Å². The summed E-state index contributed by atoms with van der Waals surface area (Å²) in [6.45, 7) is 0. The second-order valence-electron chi connectivity index (χ2n) is 7.34. The first-order valence-corrected chi connectivity index (χ1v) is 9.85. The van der Waals surface area contributed by atoms with Gasteiger partial charge < -0.3 is 20.1 Å². The number of aromatic nitrogens is 2. The van der Waals surface area contributed by atoms with E-state index in [2.05, 4.69) is 15.3 Å². The number of ether oxygens (including phenoxy) is 1. The standard InChI is InChI=1S/C23H16F2N4O4/c1-26-22(31)33-21-27-17-10-9-12(11-18(17)28-21)23(32)14-6-3-2-5-13(14)20(30)29(23)19-15(24)7-4-8-16(19)25/h2-11,32H,1H3,(H,26,31)(H,27,28). The van der Waals surface area contributed by atoms with E-state index in [9.17, 15) is 23.5 Å². The van der Waals surface area contributed by atoms with E-state index in [1.807, 2.05) is 0 Å². The third-order valence-electron chi connectivity index (χ3n) is 5.48.